The lowest BCUT2D eigenvalue weighted by molar-refractivity contribution is -0.128. The average Bonchev–Trinajstić information content (AvgIpc) is 3.02. The van der Waals surface area contributed by atoms with Crippen molar-refractivity contribution in [2.75, 3.05) is 19.7 Å². The number of urea groups is 1. The van der Waals surface area contributed by atoms with Gasteiger partial charge in [-0.25, -0.2) is 4.79 Å². The standard InChI is InChI=1S/C37H48N4O5/c1-25(2)34(41-20-12-19-38-37(41)45)36(44)39-30(21-28-15-7-5-8-16-28)23-32(42)31(22-29-17-9-6-10-18-29)40-33(43)24-46-35-26(3)13-11-14-27(35)4/h5-11,13-18,25,30-32,34,42H,12,19-24H2,1-4H3,(H,38,45)(H,39,44)(H,40,43). The van der Waals surface area contributed by atoms with Crippen molar-refractivity contribution < 1.29 is 24.2 Å². The number of hydrogen-bond acceptors (Lipinski definition) is 5. The molecule has 0 radical (unpaired) electrons. The monoisotopic (exact) mass is 628 g/mol. The van der Waals surface area contributed by atoms with Crippen molar-refractivity contribution in [2.24, 2.45) is 5.92 Å². The van der Waals surface area contributed by atoms with E-state index in [-0.39, 0.29) is 36.8 Å². The minimum absolute atomic E-state index is 0.117. The summed E-state index contributed by atoms with van der Waals surface area (Å²) in [5.41, 5.74) is 3.84. The number of ether oxygens (including phenoxy) is 1. The number of nitrogens with zero attached hydrogens (tertiary/aromatic N) is 1. The Morgan fingerprint density at radius 1 is 0.891 bits per heavy atom. The van der Waals surface area contributed by atoms with Gasteiger partial charge in [0, 0.05) is 19.1 Å². The van der Waals surface area contributed by atoms with Crippen LogP contribution in [0.25, 0.3) is 0 Å². The first-order valence-electron chi connectivity index (χ1n) is 16.2. The molecule has 3 aromatic rings. The summed E-state index contributed by atoms with van der Waals surface area (Å²) in [4.78, 5) is 41.3. The summed E-state index contributed by atoms with van der Waals surface area (Å²) in [5.74, 6) is -0.0493. The highest BCUT2D eigenvalue weighted by atomic mass is 16.5. The molecule has 0 bridgehead atoms. The minimum Gasteiger partial charge on any atom is -0.483 e. The van der Waals surface area contributed by atoms with Crippen LogP contribution in [-0.2, 0) is 22.4 Å². The molecule has 0 aromatic heterocycles. The molecule has 4 amide bonds. The van der Waals surface area contributed by atoms with E-state index in [1.54, 1.807) is 4.90 Å². The maximum Gasteiger partial charge on any atom is 0.318 e. The predicted octanol–water partition coefficient (Wildman–Crippen LogP) is 4.33. The molecule has 1 saturated heterocycles. The van der Waals surface area contributed by atoms with Crippen LogP contribution in [0, 0.1) is 19.8 Å². The second-order valence-corrected chi connectivity index (χ2v) is 12.5. The van der Waals surface area contributed by atoms with Crippen molar-refractivity contribution in [3.63, 3.8) is 0 Å². The SMILES string of the molecule is Cc1cccc(C)c1OCC(=O)NC(Cc1ccccc1)C(O)CC(Cc1ccccc1)NC(=O)C(C(C)C)N1CCCNC1=O. The minimum atomic E-state index is -0.992. The molecule has 1 fully saturated rings. The van der Waals surface area contributed by atoms with Crippen LogP contribution in [0.3, 0.4) is 0 Å². The number of carbonyl (C=O) groups excluding carboxylic acids is 3. The second kappa shape index (κ2) is 16.8. The first kappa shape index (κ1) is 34.5. The quantitative estimate of drug-likeness (QED) is 0.200. The van der Waals surface area contributed by atoms with Gasteiger partial charge in [-0.15, -0.1) is 0 Å². The van der Waals surface area contributed by atoms with Crippen molar-refractivity contribution in [3.05, 3.63) is 101 Å². The molecule has 9 nitrogen and oxygen atoms in total. The number of rotatable bonds is 15. The highest BCUT2D eigenvalue weighted by Crippen LogP contribution is 2.22. The van der Waals surface area contributed by atoms with Crippen LogP contribution in [0.4, 0.5) is 4.79 Å². The van der Waals surface area contributed by atoms with E-state index >= 15 is 0 Å². The molecule has 1 aliphatic heterocycles. The van der Waals surface area contributed by atoms with Crippen LogP contribution in [0.15, 0.2) is 78.9 Å². The maximum atomic E-state index is 13.8. The zero-order chi connectivity index (χ0) is 33.1. The third kappa shape index (κ3) is 9.81. The zero-order valence-corrected chi connectivity index (χ0v) is 27.4. The second-order valence-electron chi connectivity index (χ2n) is 12.5. The van der Waals surface area contributed by atoms with Crippen molar-refractivity contribution in [1.82, 2.24) is 20.9 Å². The summed E-state index contributed by atoms with van der Waals surface area (Å²) in [6, 6.07) is 23.3. The number of carbonyl (C=O) groups is 3. The summed E-state index contributed by atoms with van der Waals surface area (Å²) in [6.45, 7) is 8.63. The Balaban J connectivity index is 1.52. The van der Waals surface area contributed by atoms with Crippen LogP contribution >= 0.6 is 0 Å². The molecule has 3 aromatic carbocycles. The van der Waals surface area contributed by atoms with E-state index in [4.69, 9.17) is 4.74 Å². The fraction of sp³-hybridized carbons (Fsp3) is 0.432. The molecular formula is C37H48N4O5. The molecule has 9 heteroatoms. The third-order valence-corrected chi connectivity index (χ3v) is 8.41. The van der Waals surface area contributed by atoms with Crippen molar-refractivity contribution >= 4 is 17.8 Å². The van der Waals surface area contributed by atoms with E-state index in [9.17, 15) is 19.5 Å². The number of aliphatic hydroxyl groups excluding tert-OH is 1. The molecule has 4 rings (SSSR count). The number of aliphatic hydroxyl groups is 1. The third-order valence-electron chi connectivity index (χ3n) is 8.41. The molecule has 1 heterocycles. The van der Waals surface area contributed by atoms with Crippen molar-refractivity contribution in [3.8, 4) is 5.75 Å². The lowest BCUT2D eigenvalue weighted by atomic mass is 9.92. The first-order chi connectivity index (χ1) is 22.1. The van der Waals surface area contributed by atoms with Crippen LogP contribution in [0.1, 0.15) is 48.9 Å². The number of hydrogen-bond donors (Lipinski definition) is 4. The molecule has 246 valence electrons. The van der Waals surface area contributed by atoms with Gasteiger partial charge in [0.15, 0.2) is 6.61 Å². The Bertz CT molecular complexity index is 1410. The fourth-order valence-electron chi connectivity index (χ4n) is 6.12. The molecule has 4 N–H and O–H groups in total. The van der Waals surface area contributed by atoms with Crippen molar-refractivity contribution in [1.29, 1.82) is 0 Å². The summed E-state index contributed by atoms with van der Waals surface area (Å²) in [7, 11) is 0. The Morgan fingerprint density at radius 3 is 2.09 bits per heavy atom. The topological polar surface area (TPSA) is 120 Å². The van der Waals surface area contributed by atoms with Gasteiger partial charge in [-0.2, -0.15) is 0 Å². The van der Waals surface area contributed by atoms with Gasteiger partial charge in [0.05, 0.1) is 12.1 Å². The lowest BCUT2D eigenvalue weighted by Crippen LogP contribution is -2.59. The molecule has 46 heavy (non-hydrogen) atoms. The molecule has 0 spiro atoms. The zero-order valence-electron chi connectivity index (χ0n) is 27.4. The van der Waals surface area contributed by atoms with E-state index < -0.39 is 24.2 Å². The first-order valence-corrected chi connectivity index (χ1v) is 16.2. The van der Waals surface area contributed by atoms with E-state index in [2.05, 4.69) is 16.0 Å². The summed E-state index contributed by atoms with van der Waals surface area (Å²) >= 11 is 0. The van der Waals surface area contributed by atoms with Gasteiger partial charge in [-0.05, 0) is 67.7 Å². The van der Waals surface area contributed by atoms with E-state index in [1.807, 2.05) is 107 Å². The Morgan fingerprint density at radius 2 is 1.50 bits per heavy atom. The Kier molecular flexibility index (Phi) is 12.6. The number of aryl methyl sites for hydroxylation is 2. The highest BCUT2D eigenvalue weighted by Gasteiger charge is 2.35. The van der Waals surface area contributed by atoms with E-state index in [1.165, 1.54) is 0 Å². The van der Waals surface area contributed by atoms with Crippen LogP contribution in [-0.4, -0.2) is 71.8 Å². The molecule has 0 saturated carbocycles. The smallest absolute Gasteiger partial charge is 0.318 e. The molecule has 0 aliphatic carbocycles. The van der Waals surface area contributed by atoms with E-state index in [0.717, 1.165) is 28.7 Å². The lowest BCUT2D eigenvalue weighted by Gasteiger charge is -2.37. The van der Waals surface area contributed by atoms with Crippen LogP contribution < -0.4 is 20.7 Å². The number of nitrogens with one attached hydrogen (secondary N) is 3. The van der Waals surface area contributed by atoms with Gasteiger partial charge in [-0.1, -0.05) is 92.7 Å². The summed E-state index contributed by atoms with van der Waals surface area (Å²) in [6.07, 6.45) is 0.831. The maximum absolute atomic E-state index is 13.8. The van der Waals surface area contributed by atoms with Gasteiger partial charge in [0.25, 0.3) is 5.91 Å². The molecule has 4 unspecified atom stereocenters. The van der Waals surface area contributed by atoms with Crippen LogP contribution in [0.2, 0.25) is 0 Å². The average molecular weight is 629 g/mol. The van der Waals surface area contributed by atoms with Gasteiger partial charge in [-0.3, -0.25) is 9.59 Å². The predicted molar refractivity (Wildman–Crippen MR) is 180 cm³/mol. The summed E-state index contributed by atoms with van der Waals surface area (Å²) in [5, 5.41) is 20.7. The Hall–Kier alpha value is -4.37. The van der Waals surface area contributed by atoms with Gasteiger partial charge in [0.1, 0.15) is 11.8 Å². The number of para-hydroxylation sites is 1. The van der Waals surface area contributed by atoms with Gasteiger partial charge >= 0.3 is 6.03 Å². The van der Waals surface area contributed by atoms with Gasteiger partial charge in [0.2, 0.25) is 5.91 Å². The largest absolute Gasteiger partial charge is 0.483 e. The van der Waals surface area contributed by atoms with Crippen LogP contribution in [0.5, 0.6) is 5.75 Å². The van der Waals surface area contributed by atoms with Gasteiger partial charge < -0.3 is 30.7 Å². The molecular weight excluding hydrogens is 580 g/mol. The number of benzene rings is 3. The summed E-state index contributed by atoms with van der Waals surface area (Å²) < 4.78 is 5.90. The normalized spacial score (nSPS) is 15.8. The fourth-order valence-corrected chi connectivity index (χ4v) is 6.12. The van der Waals surface area contributed by atoms with Crippen molar-refractivity contribution in [2.45, 2.75) is 77.6 Å². The number of amides is 4. The molecule has 1 aliphatic rings. The Labute approximate surface area is 272 Å². The highest BCUT2D eigenvalue weighted by molar-refractivity contribution is 5.87. The van der Waals surface area contributed by atoms with E-state index in [0.29, 0.717) is 31.7 Å². The molecule has 4 atom stereocenters.